The van der Waals surface area contributed by atoms with Crippen LogP contribution in [0.2, 0.25) is 0 Å². The molecule has 1 unspecified atom stereocenters. The molecule has 2 aromatic heterocycles. The van der Waals surface area contributed by atoms with E-state index in [1.807, 2.05) is 50.4 Å². The van der Waals surface area contributed by atoms with Gasteiger partial charge in [-0.05, 0) is 55.7 Å². The number of hydrogen-bond donors (Lipinski definition) is 2. The maximum Gasteiger partial charge on any atom is 0.220 e. The Balaban J connectivity index is 1.17. The van der Waals surface area contributed by atoms with Gasteiger partial charge in [-0.25, -0.2) is 4.98 Å². The number of ether oxygens (including phenoxy) is 1. The van der Waals surface area contributed by atoms with Gasteiger partial charge in [-0.2, -0.15) is 0 Å². The Morgan fingerprint density at radius 3 is 3.00 bits per heavy atom. The minimum absolute atomic E-state index is 0.0428. The third-order valence-corrected chi connectivity index (χ3v) is 5.97. The Morgan fingerprint density at radius 2 is 2.09 bits per heavy atom. The maximum absolute atomic E-state index is 12.4. The van der Waals surface area contributed by atoms with E-state index >= 15 is 0 Å². The summed E-state index contributed by atoms with van der Waals surface area (Å²) >= 11 is 0. The van der Waals surface area contributed by atoms with Crippen molar-refractivity contribution in [1.82, 2.24) is 20.3 Å². The number of benzene rings is 2. The first-order chi connectivity index (χ1) is 15.6. The van der Waals surface area contributed by atoms with Crippen LogP contribution in [0.3, 0.4) is 0 Å². The summed E-state index contributed by atoms with van der Waals surface area (Å²) in [5.74, 6) is 0.922. The van der Waals surface area contributed by atoms with Crippen LogP contribution in [0.4, 0.5) is 0 Å². The number of amides is 1. The van der Waals surface area contributed by atoms with Crippen LogP contribution in [-0.2, 0) is 17.6 Å². The fourth-order valence-corrected chi connectivity index (χ4v) is 4.30. The highest BCUT2D eigenvalue weighted by atomic mass is 16.5. The molecule has 162 valence electrons. The number of nitrogens with zero attached hydrogens (tertiary/aromatic N) is 2. The molecule has 1 aliphatic heterocycles. The second kappa shape index (κ2) is 8.46. The summed E-state index contributed by atoms with van der Waals surface area (Å²) in [6.07, 6.45) is 5.66. The van der Waals surface area contributed by atoms with Crippen molar-refractivity contribution in [3.63, 3.8) is 0 Å². The number of aromatic nitrogens is 3. The molecule has 2 aromatic carbocycles. The Labute approximate surface area is 187 Å². The molecule has 0 saturated heterocycles. The molecule has 1 atom stereocenters. The standard InChI is InChI=1S/C26H26N4O2/c1-16-13-27-17(2)26(30-16)18-7-9-24-20(11-18)12-21(32-24)15-29-25(31)10-8-19-14-28-23-6-4-3-5-22(19)23/h3-7,9,11,13-14,21,28H,8,10,12,15H2,1-2H3,(H,29,31). The highest BCUT2D eigenvalue weighted by Gasteiger charge is 2.24. The molecule has 2 N–H and O–H groups in total. The van der Waals surface area contributed by atoms with Gasteiger partial charge in [0.2, 0.25) is 5.91 Å². The highest BCUT2D eigenvalue weighted by molar-refractivity contribution is 5.84. The molecule has 6 heteroatoms. The fraction of sp³-hybridized carbons (Fsp3) is 0.269. The van der Waals surface area contributed by atoms with E-state index in [0.717, 1.165) is 45.9 Å². The lowest BCUT2D eigenvalue weighted by atomic mass is 10.0. The van der Waals surface area contributed by atoms with Crippen LogP contribution >= 0.6 is 0 Å². The van der Waals surface area contributed by atoms with Crippen molar-refractivity contribution in [2.75, 3.05) is 6.54 Å². The van der Waals surface area contributed by atoms with Crippen molar-refractivity contribution in [1.29, 1.82) is 0 Å². The van der Waals surface area contributed by atoms with E-state index in [-0.39, 0.29) is 12.0 Å². The Bertz CT molecular complexity index is 1290. The zero-order valence-corrected chi connectivity index (χ0v) is 18.3. The molecule has 0 bridgehead atoms. The van der Waals surface area contributed by atoms with E-state index in [1.165, 1.54) is 10.9 Å². The van der Waals surface area contributed by atoms with Crippen LogP contribution in [-0.4, -0.2) is 33.5 Å². The van der Waals surface area contributed by atoms with Crippen LogP contribution in [0.1, 0.15) is 28.9 Å². The Kier molecular flexibility index (Phi) is 5.35. The number of hydrogen-bond acceptors (Lipinski definition) is 4. The first kappa shape index (κ1) is 20.2. The number of fused-ring (bicyclic) bond motifs is 2. The molecule has 3 heterocycles. The van der Waals surface area contributed by atoms with E-state index in [1.54, 1.807) is 6.20 Å². The fourth-order valence-electron chi connectivity index (χ4n) is 4.30. The lowest BCUT2D eigenvalue weighted by molar-refractivity contribution is -0.121. The molecule has 0 saturated carbocycles. The van der Waals surface area contributed by atoms with Crippen LogP contribution in [0.5, 0.6) is 5.75 Å². The van der Waals surface area contributed by atoms with Crippen molar-refractivity contribution < 1.29 is 9.53 Å². The van der Waals surface area contributed by atoms with Gasteiger partial charge in [-0.15, -0.1) is 0 Å². The lowest BCUT2D eigenvalue weighted by Gasteiger charge is -2.12. The minimum Gasteiger partial charge on any atom is -0.488 e. The predicted molar refractivity (Wildman–Crippen MR) is 125 cm³/mol. The SMILES string of the molecule is Cc1cnc(C)c(-c2ccc3c(c2)CC(CNC(=O)CCc2c[nH]c4ccccc24)O3)n1. The Hall–Kier alpha value is -3.67. The molecule has 1 aliphatic rings. The second-order valence-corrected chi connectivity index (χ2v) is 8.38. The van der Waals surface area contributed by atoms with Crippen molar-refractivity contribution in [3.05, 3.63) is 77.4 Å². The maximum atomic E-state index is 12.4. The number of carbonyl (C=O) groups is 1. The Morgan fingerprint density at radius 1 is 1.22 bits per heavy atom. The first-order valence-electron chi connectivity index (χ1n) is 11.0. The largest absolute Gasteiger partial charge is 0.488 e. The van der Waals surface area contributed by atoms with Gasteiger partial charge >= 0.3 is 0 Å². The van der Waals surface area contributed by atoms with E-state index in [0.29, 0.717) is 19.4 Å². The topological polar surface area (TPSA) is 79.9 Å². The average molecular weight is 427 g/mol. The van der Waals surface area contributed by atoms with Gasteiger partial charge in [-0.1, -0.05) is 18.2 Å². The molecule has 5 rings (SSSR count). The summed E-state index contributed by atoms with van der Waals surface area (Å²) in [4.78, 5) is 24.7. The third-order valence-electron chi connectivity index (χ3n) is 5.97. The molecule has 4 aromatic rings. The molecule has 0 radical (unpaired) electrons. The van der Waals surface area contributed by atoms with E-state index < -0.39 is 0 Å². The summed E-state index contributed by atoms with van der Waals surface area (Å²) in [5.41, 5.74) is 7.17. The molecule has 1 amide bonds. The van der Waals surface area contributed by atoms with Gasteiger partial charge in [0.1, 0.15) is 11.9 Å². The molecule has 32 heavy (non-hydrogen) atoms. The van der Waals surface area contributed by atoms with Crippen molar-refractivity contribution >= 4 is 16.8 Å². The number of rotatable bonds is 6. The summed E-state index contributed by atoms with van der Waals surface area (Å²) < 4.78 is 6.05. The number of nitrogens with one attached hydrogen (secondary N) is 2. The second-order valence-electron chi connectivity index (χ2n) is 8.38. The normalized spacial score (nSPS) is 14.9. The van der Waals surface area contributed by atoms with Gasteiger partial charge < -0.3 is 15.0 Å². The zero-order chi connectivity index (χ0) is 22.1. The molecule has 0 fully saturated rings. The quantitative estimate of drug-likeness (QED) is 0.482. The molecule has 0 spiro atoms. The number of carbonyl (C=O) groups excluding carboxylic acids is 1. The number of aryl methyl sites for hydroxylation is 3. The van der Waals surface area contributed by atoms with Gasteiger partial charge in [0.15, 0.2) is 0 Å². The summed E-state index contributed by atoms with van der Waals surface area (Å²) in [5, 5.41) is 4.22. The molecular weight excluding hydrogens is 400 g/mol. The van der Waals surface area contributed by atoms with Crippen LogP contribution in [0.25, 0.3) is 22.2 Å². The zero-order valence-electron chi connectivity index (χ0n) is 18.3. The van der Waals surface area contributed by atoms with Crippen LogP contribution < -0.4 is 10.1 Å². The van der Waals surface area contributed by atoms with Gasteiger partial charge in [0, 0.05) is 41.7 Å². The average Bonchev–Trinajstić information content (AvgIpc) is 3.41. The summed E-state index contributed by atoms with van der Waals surface area (Å²) in [6, 6.07) is 14.3. The molecule has 6 nitrogen and oxygen atoms in total. The minimum atomic E-state index is -0.0537. The third kappa shape index (κ3) is 4.08. The van der Waals surface area contributed by atoms with Crippen molar-refractivity contribution in [2.45, 2.75) is 39.2 Å². The van der Waals surface area contributed by atoms with E-state index in [9.17, 15) is 4.79 Å². The number of para-hydroxylation sites is 1. The number of H-pyrrole nitrogens is 1. The summed E-state index contributed by atoms with van der Waals surface area (Å²) in [7, 11) is 0. The van der Waals surface area contributed by atoms with E-state index in [2.05, 4.69) is 32.4 Å². The highest BCUT2D eigenvalue weighted by Crippen LogP contribution is 2.33. The van der Waals surface area contributed by atoms with Crippen molar-refractivity contribution in [2.24, 2.45) is 0 Å². The first-order valence-corrected chi connectivity index (χ1v) is 11.0. The smallest absolute Gasteiger partial charge is 0.220 e. The van der Waals surface area contributed by atoms with Gasteiger partial charge in [-0.3, -0.25) is 9.78 Å². The molecular formula is C26H26N4O2. The van der Waals surface area contributed by atoms with E-state index in [4.69, 9.17) is 4.74 Å². The lowest BCUT2D eigenvalue weighted by Crippen LogP contribution is -2.34. The van der Waals surface area contributed by atoms with Gasteiger partial charge in [0.25, 0.3) is 0 Å². The van der Waals surface area contributed by atoms with Gasteiger partial charge in [0.05, 0.1) is 23.6 Å². The van der Waals surface area contributed by atoms with Crippen LogP contribution in [0.15, 0.2) is 54.9 Å². The molecule has 0 aliphatic carbocycles. The predicted octanol–water partition coefficient (Wildman–Crippen LogP) is 4.29. The number of aromatic amines is 1. The van der Waals surface area contributed by atoms with Crippen LogP contribution in [0, 0.1) is 13.8 Å². The monoisotopic (exact) mass is 426 g/mol. The summed E-state index contributed by atoms with van der Waals surface area (Å²) in [6.45, 7) is 4.42. The van der Waals surface area contributed by atoms with Crippen molar-refractivity contribution in [3.8, 4) is 17.0 Å².